The number of cyclic esters (lactones) is 1. The van der Waals surface area contributed by atoms with Crippen LogP contribution in [-0.4, -0.2) is 65.7 Å². The number of aliphatic hydroxyl groups excluding tert-OH is 1. The van der Waals surface area contributed by atoms with E-state index in [4.69, 9.17) is 20.9 Å². The van der Waals surface area contributed by atoms with Gasteiger partial charge >= 0.3 is 18.0 Å². The predicted molar refractivity (Wildman–Crippen MR) is 228 cm³/mol. The SMILES string of the molecule is C[C@@H](NC(=O)N1C(=O)[C@@]2(c3cc(C#CCNC(N)=O)ccc31)[C@H](c1ccccc1OCCO)N1[C@H](c3ccccc3)[C@H](c3ccccc3)OC(=O)[C@H]1[C@@H]2C(N)=O)c1ccccc1. The highest BCUT2D eigenvalue weighted by Crippen LogP contribution is 2.66. The van der Waals surface area contributed by atoms with E-state index in [-0.39, 0.29) is 36.8 Å². The maximum absolute atomic E-state index is 16.2. The Balaban J connectivity index is 1.43. The van der Waals surface area contributed by atoms with Gasteiger partial charge in [0.15, 0.2) is 0 Å². The van der Waals surface area contributed by atoms with Gasteiger partial charge in [-0.25, -0.2) is 14.5 Å². The quantitative estimate of drug-likeness (QED) is 0.0976. The number of nitrogens with zero attached hydrogens (tertiary/aromatic N) is 2. The van der Waals surface area contributed by atoms with Crippen LogP contribution in [0.15, 0.2) is 133 Å². The molecule has 8 rings (SSSR count). The van der Waals surface area contributed by atoms with Crippen LogP contribution < -0.4 is 31.7 Å². The number of nitrogens with one attached hydrogen (secondary N) is 2. The van der Waals surface area contributed by atoms with Crippen molar-refractivity contribution in [2.24, 2.45) is 17.4 Å². The minimum Gasteiger partial charge on any atom is -0.491 e. The first-order valence-corrected chi connectivity index (χ1v) is 20.1. The molecule has 7 N–H and O–H groups in total. The zero-order valence-electron chi connectivity index (χ0n) is 33.6. The van der Waals surface area contributed by atoms with Gasteiger partial charge in [0.25, 0.3) is 0 Å². The van der Waals surface area contributed by atoms with Crippen LogP contribution in [0.5, 0.6) is 5.75 Å². The van der Waals surface area contributed by atoms with Crippen molar-refractivity contribution in [1.82, 2.24) is 15.5 Å². The van der Waals surface area contributed by atoms with E-state index in [1.807, 2.05) is 95.9 Å². The summed E-state index contributed by atoms with van der Waals surface area (Å²) >= 11 is 0. The molecule has 0 saturated carbocycles. The molecule has 2 fully saturated rings. The van der Waals surface area contributed by atoms with E-state index in [1.54, 1.807) is 49.4 Å². The van der Waals surface area contributed by atoms with Crippen LogP contribution in [0.2, 0.25) is 0 Å². The number of para-hydroxylation sites is 1. The number of anilines is 1. The van der Waals surface area contributed by atoms with Crippen molar-refractivity contribution in [3.05, 3.63) is 167 Å². The van der Waals surface area contributed by atoms with Crippen molar-refractivity contribution in [2.75, 3.05) is 24.7 Å². The molecule has 0 bridgehead atoms. The Hall–Kier alpha value is -7.47. The molecular formula is C48H44N6O8. The van der Waals surface area contributed by atoms with Crippen molar-refractivity contribution >= 4 is 35.5 Å². The Morgan fingerprint density at radius 1 is 0.855 bits per heavy atom. The summed E-state index contributed by atoms with van der Waals surface area (Å²) in [6.07, 6.45) is -0.948. The lowest BCUT2D eigenvalue weighted by atomic mass is 9.65. The Bertz CT molecular complexity index is 2580. The summed E-state index contributed by atoms with van der Waals surface area (Å²) in [4.78, 5) is 74.7. The lowest BCUT2D eigenvalue weighted by Gasteiger charge is -2.46. The topological polar surface area (TPSA) is 207 Å². The van der Waals surface area contributed by atoms with E-state index >= 15 is 4.79 Å². The largest absolute Gasteiger partial charge is 0.491 e. The Morgan fingerprint density at radius 3 is 2.16 bits per heavy atom. The molecule has 5 aromatic rings. The number of morpholine rings is 1. The third-order valence-corrected chi connectivity index (χ3v) is 11.8. The Kier molecular flexibility index (Phi) is 11.5. The summed E-state index contributed by atoms with van der Waals surface area (Å²) in [6.45, 7) is 1.24. The fourth-order valence-corrected chi connectivity index (χ4v) is 9.33. The molecule has 314 valence electrons. The molecule has 0 aliphatic carbocycles. The molecule has 0 unspecified atom stereocenters. The number of hydrogen-bond donors (Lipinski definition) is 5. The number of primary amides is 2. The molecule has 5 aromatic carbocycles. The summed E-state index contributed by atoms with van der Waals surface area (Å²) in [7, 11) is 0. The first kappa shape index (κ1) is 41.3. The van der Waals surface area contributed by atoms with Gasteiger partial charge in [-0.05, 0) is 53.4 Å². The number of rotatable bonds is 10. The van der Waals surface area contributed by atoms with Crippen LogP contribution in [0.25, 0.3) is 0 Å². The first-order valence-electron chi connectivity index (χ1n) is 20.1. The highest BCUT2D eigenvalue weighted by Gasteiger charge is 2.75. The fraction of sp³-hybridized carbons (Fsp3) is 0.229. The number of aliphatic hydroxyl groups is 1. The Labute approximate surface area is 357 Å². The number of fused-ring (bicyclic) bond motifs is 3. The average Bonchev–Trinajstić information content (AvgIpc) is 3.74. The smallest absolute Gasteiger partial charge is 0.329 e. The van der Waals surface area contributed by atoms with Crippen molar-refractivity contribution in [3.63, 3.8) is 0 Å². The lowest BCUT2D eigenvalue weighted by Crippen LogP contribution is -2.55. The van der Waals surface area contributed by atoms with Crippen molar-refractivity contribution in [1.29, 1.82) is 0 Å². The molecule has 2 saturated heterocycles. The molecule has 7 atom stereocenters. The number of imide groups is 1. The number of hydrogen-bond acceptors (Lipinski definition) is 9. The van der Waals surface area contributed by atoms with Gasteiger partial charge < -0.3 is 36.7 Å². The molecular weight excluding hydrogens is 789 g/mol. The molecule has 6 amide bonds. The predicted octanol–water partition coefficient (Wildman–Crippen LogP) is 4.70. The minimum absolute atomic E-state index is 0.0914. The van der Waals surface area contributed by atoms with Gasteiger partial charge in [-0.15, -0.1) is 0 Å². The van der Waals surface area contributed by atoms with Crippen LogP contribution in [0.4, 0.5) is 15.3 Å². The first-order chi connectivity index (χ1) is 30.1. The van der Waals surface area contributed by atoms with Crippen LogP contribution in [0.3, 0.4) is 0 Å². The molecule has 1 spiro atoms. The van der Waals surface area contributed by atoms with E-state index in [0.29, 0.717) is 22.3 Å². The van der Waals surface area contributed by atoms with E-state index in [2.05, 4.69) is 22.5 Å². The normalized spacial score (nSPS) is 23.0. The summed E-state index contributed by atoms with van der Waals surface area (Å²) < 4.78 is 12.6. The van der Waals surface area contributed by atoms with Crippen LogP contribution >= 0.6 is 0 Å². The number of nitrogens with two attached hydrogens (primary N) is 2. The molecule has 0 radical (unpaired) electrons. The van der Waals surface area contributed by atoms with Crippen molar-refractivity contribution in [2.45, 2.75) is 42.6 Å². The van der Waals surface area contributed by atoms with E-state index in [0.717, 1.165) is 10.5 Å². The highest BCUT2D eigenvalue weighted by molar-refractivity contribution is 6.24. The van der Waals surface area contributed by atoms with Gasteiger partial charge in [0.2, 0.25) is 11.8 Å². The van der Waals surface area contributed by atoms with Crippen molar-refractivity contribution in [3.8, 4) is 17.6 Å². The van der Waals surface area contributed by atoms with Crippen LogP contribution in [0.1, 0.15) is 64.5 Å². The second-order valence-corrected chi connectivity index (χ2v) is 15.3. The number of carbonyl (C=O) groups is 5. The zero-order valence-corrected chi connectivity index (χ0v) is 33.6. The monoisotopic (exact) mass is 832 g/mol. The fourth-order valence-electron chi connectivity index (χ4n) is 9.33. The molecule has 3 aliphatic rings. The van der Waals surface area contributed by atoms with Gasteiger partial charge in [0.05, 0.1) is 42.9 Å². The van der Waals surface area contributed by atoms with Crippen molar-refractivity contribution < 1.29 is 38.6 Å². The van der Waals surface area contributed by atoms with Gasteiger partial charge in [0.1, 0.15) is 29.9 Å². The van der Waals surface area contributed by atoms with Gasteiger partial charge in [-0.2, -0.15) is 0 Å². The molecule has 3 aliphatic heterocycles. The van der Waals surface area contributed by atoms with Gasteiger partial charge in [-0.1, -0.05) is 121 Å². The van der Waals surface area contributed by atoms with Gasteiger partial charge in [-0.3, -0.25) is 19.3 Å². The van der Waals surface area contributed by atoms with E-state index in [1.165, 1.54) is 0 Å². The summed E-state index contributed by atoms with van der Waals surface area (Å²) in [5, 5.41) is 15.3. The number of urea groups is 2. The van der Waals surface area contributed by atoms with Crippen LogP contribution in [-0.2, 0) is 24.5 Å². The van der Waals surface area contributed by atoms with E-state index in [9.17, 15) is 24.3 Å². The standard InChI is InChI=1S/C48H44N6O8/c1-29(31-15-5-2-6-16-31)52-47(60)53-36-24-23-30(14-13-25-51-46(50)59)28-35(36)48(45(53)58)38(43(49)56)40-44(57)62-41(33-19-9-4-10-20-33)39(32-17-7-3-8-18-32)54(40)42(48)34-21-11-12-22-37(34)61-27-26-55/h2-12,15-24,28-29,38-42,55H,25-27H2,1H3,(H2,49,56)(H,52,60)(H3,50,51,59)/t29-,38-,39-,40-,41+,42+,48-/m1/s1. The molecule has 14 heteroatoms. The summed E-state index contributed by atoms with van der Waals surface area (Å²) in [5.41, 5.74) is 12.9. The molecule has 62 heavy (non-hydrogen) atoms. The van der Waals surface area contributed by atoms with Gasteiger partial charge in [0, 0.05) is 11.1 Å². The average molecular weight is 833 g/mol. The van der Waals surface area contributed by atoms with E-state index < -0.39 is 71.5 Å². The number of amides is 6. The third kappa shape index (κ3) is 7.16. The second-order valence-electron chi connectivity index (χ2n) is 15.3. The third-order valence-electron chi connectivity index (χ3n) is 11.8. The minimum atomic E-state index is -2.11. The maximum Gasteiger partial charge on any atom is 0.329 e. The summed E-state index contributed by atoms with van der Waals surface area (Å²) in [5.74, 6) is 1.88. The lowest BCUT2D eigenvalue weighted by molar-refractivity contribution is -0.178. The number of carbonyl (C=O) groups excluding carboxylic acids is 5. The molecule has 0 aromatic heterocycles. The Morgan fingerprint density at radius 2 is 1.50 bits per heavy atom. The maximum atomic E-state index is 16.2. The second kappa shape index (κ2) is 17.3. The molecule has 14 nitrogen and oxygen atoms in total. The zero-order chi connectivity index (χ0) is 43.5. The number of benzene rings is 5. The summed E-state index contributed by atoms with van der Waals surface area (Å²) in [6, 6.07) is 33.8. The highest BCUT2D eigenvalue weighted by atomic mass is 16.6. The van der Waals surface area contributed by atoms with Crippen LogP contribution in [0, 0.1) is 17.8 Å². The molecule has 3 heterocycles. The number of esters is 1. The number of ether oxygens (including phenoxy) is 2.